The molecule has 6 heteroatoms. The molecule has 1 aromatic heterocycles. The number of carbonyl (C=O) groups is 2. The summed E-state index contributed by atoms with van der Waals surface area (Å²) in [6.07, 6.45) is 4.07. The van der Waals surface area contributed by atoms with Crippen LogP contribution in [-0.2, 0) is 16.0 Å². The number of hydrogen-bond donors (Lipinski definition) is 1. The number of amides is 2. The number of aryl methyl sites for hydroxylation is 1. The van der Waals surface area contributed by atoms with Gasteiger partial charge in [-0.05, 0) is 54.8 Å². The predicted molar refractivity (Wildman–Crippen MR) is 90.4 cm³/mol. The molecule has 5 nitrogen and oxygen atoms in total. The lowest BCUT2D eigenvalue weighted by molar-refractivity contribution is -0.142. The Kier molecular flexibility index (Phi) is 5.71. The fraction of sp³-hybridized carbons (Fsp3) is 0.235. The quantitative estimate of drug-likeness (QED) is 0.876. The third kappa shape index (κ3) is 4.79. The second kappa shape index (κ2) is 7.74. The highest BCUT2D eigenvalue weighted by Crippen LogP contribution is 2.19. The summed E-state index contributed by atoms with van der Waals surface area (Å²) in [7, 11) is 1.61. The van der Waals surface area contributed by atoms with Gasteiger partial charge < -0.3 is 10.2 Å². The molecule has 0 saturated carbocycles. The Hall–Kier alpha value is -2.40. The van der Waals surface area contributed by atoms with Gasteiger partial charge in [-0.1, -0.05) is 11.6 Å². The molecule has 120 valence electrons. The molecule has 0 unspecified atom stereocenters. The Balaban J connectivity index is 1.92. The van der Waals surface area contributed by atoms with Gasteiger partial charge in [0.2, 0.25) is 0 Å². The number of nitrogens with one attached hydrogen (secondary N) is 1. The summed E-state index contributed by atoms with van der Waals surface area (Å²) in [5, 5.41) is 3.20. The van der Waals surface area contributed by atoms with Gasteiger partial charge in [-0.15, -0.1) is 0 Å². The summed E-state index contributed by atoms with van der Waals surface area (Å²) in [6.45, 7) is 2.27. The van der Waals surface area contributed by atoms with Crippen molar-refractivity contribution in [3.8, 4) is 0 Å². The van der Waals surface area contributed by atoms with Crippen molar-refractivity contribution >= 4 is 29.1 Å². The summed E-state index contributed by atoms with van der Waals surface area (Å²) in [5.74, 6) is -1.24. The van der Waals surface area contributed by atoms with Gasteiger partial charge in [-0.2, -0.15) is 0 Å². The van der Waals surface area contributed by atoms with Crippen LogP contribution in [0, 0.1) is 6.92 Å². The van der Waals surface area contributed by atoms with E-state index in [-0.39, 0.29) is 0 Å². The molecular formula is C17H18ClN3O2. The zero-order chi connectivity index (χ0) is 16.8. The Labute approximate surface area is 140 Å². The molecule has 0 radical (unpaired) electrons. The van der Waals surface area contributed by atoms with Crippen molar-refractivity contribution in [2.24, 2.45) is 0 Å². The highest BCUT2D eigenvalue weighted by Gasteiger charge is 2.19. The summed E-state index contributed by atoms with van der Waals surface area (Å²) in [6, 6.07) is 8.85. The first-order valence-electron chi connectivity index (χ1n) is 7.19. The lowest BCUT2D eigenvalue weighted by atomic mass is 10.2. The van der Waals surface area contributed by atoms with Crippen LogP contribution in [0.2, 0.25) is 5.02 Å². The van der Waals surface area contributed by atoms with Crippen LogP contribution in [0.5, 0.6) is 0 Å². The van der Waals surface area contributed by atoms with Crippen molar-refractivity contribution in [1.29, 1.82) is 0 Å². The Morgan fingerprint density at radius 1 is 1.22 bits per heavy atom. The monoisotopic (exact) mass is 331 g/mol. The fourth-order valence-electron chi connectivity index (χ4n) is 2.06. The molecule has 0 saturated heterocycles. The second-order valence-corrected chi connectivity index (χ2v) is 5.68. The van der Waals surface area contributed by atoms with Gasteiger partial charge in [0, 0.05) is 36.7 Å². The average Bonchev–Trinajstić information content (AvgIpc) is 2.55. The zero-order valence-electron chi connectivity index (χ0n) is 13.0. The normalized spacial score (nSPS) is 10.2. The lowest BCUT2D eigenvalue weighted by Gasteiger charge is -2.17. The molecule has 0 spiro atoms. The first-order valence-corrected chi connectivity index (χ1v) is 7.56. The molecule has 1 N–H and O–H groups in total. The van der Waals surface area contributed by atoms with Crippen molar-refractivity contribution in [2.75, 3.05) is 18.9 Å². The lowest BCUT2D eigenvalue weighted by Crippen LogP contribution is -2.38. The zero-order valence-corrected chi connectivity index (χ0v) is 13.8. The van der Waals surface area contributed by atoms with Crippen molar-refractivity contribution < 1.29 is 9.59 Å². The van der Waals surface area contributed by atoms with E-state index in [0.29, 0.717) is 23.7 Å². The molecule has 0 aliphatic heterocycles. The molecule has 0 atom stereocenters. The number of aromatic nitrogens is 1. The first kappa shape index (κ1) is 17.0. The number of hydrogen-bond acceptors (Lipinski definition) is 3. The van der Waals surface area contributed by atoms with Crippen molar-refractivity contribution in [1.82, 2.24) is 9.88 Å². The van der Waals surface area contributed by atoms with E-state index in [1.54, 1.807) is 37.6 Å². The van der Waals surface area contributed by atoms with E-state index in [4.69, 9.17) is 11.6 Å². The SMILES string of the molecule is Cc1cc(Cl)ccc1NC(=O)C(=O)N(C)CCc1ccncc1. The van der Waals surface area contributed by atoms with Gasteiger partial charge in [-0.3, -0.25) is 14.6 Å². The van der Waals surface area contributed by atoms with Crippen LogP contribution in [-0.4, -0.2) is 35.3 Å². The van der Waals surface area contributed by atoms with Gasteiger partial charge in [0.05, 0.1) is 0 Å². The summed E-state index contributed by atoms with van der Waals surface area (Å²) in [4.78, 5) is 29.5. The number of carbonyl (C=O) groups excluding carboxylic acids is 2. The highest BCUT2D eigenvalue weighted by atomic mass is 35.5. The topological polar surface area (TPSA) is 62.3 Å². The van der Waals surface area contributed by atoms with E-state index >= 15 is 0 Å². The smallest absolute Gasteiger partial charge is 0.313 e. The maximum absolute atomic E-state index is 12.1. The van der Waals surface area contributed by atoms with E-state index in [9.17, 15) is 9.59 Å². The summed E-state index contributed by atoms with van der Waals surface area (Å²) in [5.41, 5.74) is 2.45. The highest BCUT2D eigenvalue weighted by molar-refractivity contribution is 6.39. The van der Waals surface area contributed by atoms with Gasteiger partial charge in [0.15, 0.2) is 0 Å². The molecule has 0 fully saturated rings. The Bertz CT molecular complexity index is 704. The van der Waals surface area contributed by atoms with Crippen molar-refractivity contribution in [2.45, 2.75) is 13.3 Å². The van der Waals surface area contributed by atoms with Crippen LogP contribution < -0.4 is 5.32 Å². The molecule has 0 aliphatic carbocycles. The van der Waals surface area contributed by atoms with Gasteiger partial charge in [0.1, 0.15) is 0 Å². The summed E-state index contributed by atoms with van der Waals surface area (Å²) < 4.78 is 0. The second-order valence-electron chi connectivity index (χ2n) is 5.25. The van der Waals surface area contributed by atoms with Crippen LogP contribution in [0.25, 0.3) is 0 Å². The number of likely N-dealkylation sites (N-methyl/N-ethyl adjacent to an activating group) is 1. The fourth-order valence-corrected chi connectivity index (χ4v) is 2.29. The van der Waals surface area contributed by atoms with Crippen LogP contribution in [0.1, 0.15) is 11.1 Å². The number of nitrogens with zero attached hydrogens (tertiary/aromatic N) is 2. The van der Waals surface area contributed by atoms with E-state index in [1.807, 2.05) is 19.1 Å². The minimum atomic E-state index is -0.660. The molecule has 2 aromatic rings. The molecule has 0 aliphatic rings. The van der Waals surface area contributed by atoms with Crippen molar-refractivity contribution in [3.63, 3.8) is 0 Å². The molecule has 1 aromatic carbocycles. The van der Waals surface area contributed by atoms with Crippen molar-refractivity contribution in [3.05, 3.63) is 58.9 Å². The standard InChI is InChI=1S/C17H18ClN3O2/c1-12-11-14(18)3-4-15(12)20-16(22)17(23)21(2)10-7-13-5-8-19-9-6-13/h3-6,8-9,11H,7,10H2,1-2H3,(H,20,22). The maximum atomic E-state index is 12.1. The molecule has 0 bridgehead atoms. The van der Waals surface area contributed by atoms with Crippen LogP contribution >= 0.6 is 11.6 Å². The van der Waals surface area contributed by atoms with E-state index in [0.717, 1.165) is 11.1 Å². The number of rotatable bonds is 4. The average molecular weight is 332 g/mol. The number of benzene rings is 1. The van der Waals surface area contributed by atoms with Crippen LogP contribution in [0.15, 0.2) is 42.7 Å². The first-order chi connectivity index (χ1) is 11.0. The van der Waals surface area contributed by atoms with Gasteiger partial charge in [0.25, 0.3) is 0 Å². The molecule has 23 heavy (non-hydrogen) atoms. The van der Waals surface area contributed by atoms with E-state index in [1.165, 1.54) is 4.90 Å². The van der Waals surface area contributed by atoms with Gasteiger partial charge >= 0.3 is 11.8 Å². The number of anilines is 1. The minimum absolute atomic E-state index is 0.454. The third-order valence-corrected chi connectivity index (χ3v) is 3.70. The van der Waals surface area contributed by atoms with Crippen LogP contribution in [0.3, 0.4) is 0 Å². The number of pyridine rings is 1. The Morgan fingerprint density at radius 3 is 2.57 bits per heavy atom. The molecule has 1 heterocycles. The third-order valence-electron chi connectivity index (χ3n) is 3.46. The molecular weight excluding hydrogens is 314 g/mol. The van der Waals surface area contributed by atoms with Gasteiger partial charge in [-0.25, -0.2) is 0 Å². The molecule has 2 rings (SSSR count). The predicted octanol–water partition coefficient (Wildman–Crippen LogP) is 2.68. The largest absolute Gasteiger partial charge is 0.337 e. The van der Waals surface area contributed by atoms with E-state index in [2.05, 4.69) is 10.3 Å². The Morgan fingerprint density at radius 2 is 1.91 bits per heavy atom. The van der Waals surface area contributed by atoms with Crippen LogP contribution in [0.4, 0.5) is 5.69 Å². The molecule has 2 amide bonds. The van der Waals surface area contributed by atoms with E-state index < -0.39 is 11.8 Å². The maximum Gasteiger partial charge on any atom is 0.313 e. The minimum Gasteiger partial charge on any atom is -0.337 e. The summed E-state index contributed by atoms with van der Waals surface area (Å²) >= 11 is 5.87. The number of halogens is 1.